The molecule has 0 unspecified atom stereocenters. The summed E-state index contributed by atoms with van der Waals surface area (Å²) in [5.41, 5.74) is 0.101. The Bertz CT molecular complexity index is 1390. The first-order valence-electron chi connectivity index (χ1n) is 12.8. The molecular weight excluding hydrogens is 504 g/mol. The molecule has 0 aliphatic rings. The van der Waals surface area contributed by atoms with E-state index >= 15 is 0 Å². The van der Waals surface area contributed by atoms with Crippen LogP contribution in [0.5, 0.6) is 0 Å². The highest BCUT2D eigenvalue weighted by molar-refractivity contribution is 7.20. The van der Waals surface area contributed by atoms with Crippen LogP contribution in [0.15, 0.2) is 39.9 Å². The lowest BCUT2D eigenvalue weighted by Gasteiger charge is -2.42. The number of benzene rings is 1. The molecule has 0 saturated heterocycles. The first kappa shape index (κ1) is 29.1. The first-order valence-corrected chi connectivity index (χ1v) is 16.5. The van der Waals surface area contributed by atoms with Gasteiger partial charge in [-0.1, -0.05) is 51.1 Å². The number of ether oxygens (including phenoxy) is 1. The van der Waals surface area contributed by atoms with E-state index in [-0.39, 0.29) is 18.2 Å². The van der Waals surface area contributed by atoms with Gasteiger partial charge in [0.1, 0.15) is 9.71 Å². The molecule has 2 aromatic heterocycles. The van der Waals surface area contributed by atoms with Crippen LogP contribution in [0.25, 0.3) is 10.2 Å². The predicted molar refractivity (Wildman–Crippen MR) is 154 cm³/mol. The van der Waals surface area contributed by atoms with Crippen molar-refractivity contribution in [3.8, 4) is 0 Å². The highest BCUT2D eigenvalue weighted by atomic mass is 32.1. The molecule has 202 valence electrons. The highest BCUT2D eigenvalue weighted by Crippen LogP contribution is 2.39. The van der Waals surface area contributed by atoms with Crippen molar-refractivity contribution in [2.24, 2.45) is 0 Å². The van der Waals surface area contributed by atoms with Crippen LogP contribution in [-0.2, 0) is 28.7 Å². The van der Waals surface area contributed by atoms with E-state index in [0.717, 1.165) is 16.9 Å². The second kappa shape index (κ2) is 10.7. The summed E-state index contributed by atoms with van der Waals surface area (Å²) in [6.45, 7) is 18.9. The maximum absolute atomic E-state index is 13.9. The number of carbonyl (C=O) groups excluding carboxylic acids is 1. The van der Waals surface area contributed by atoms with Gasteiger partial charge in [-0.3, -0.25) is 13.9 Å². The SMILES string of the molecule is CCOC(=O)c1sc2c(c1C)c(=O)n(CC(C)(C)O[Si](C)(C)C(C)(C)C)c(=O)n2CCc1ccccc1. The lowest BCUT2D eigenvalue weighted by molar-refractivity contribution is 0.0531. The first-order chi connectivity index (χ1) is 17.1. The average molecular weight is 545 g/mol. The average Bonchev–Trinajstić information content (AvgIpc) is 3.13. The lowest BCUT2D eigenvalue weighted by Crippen LogP contribution is -2.52. The van der Waals surface area contributed by atoms with Crippen LogP contribution >= 0.6 is 11.3 Å². The Balaban J connectivity index is 2.17. The molecule has 0 aliphatic heterocycles. The number of aryl methyl sites for hydroxylation is 3. The molecule has 37 heavy (non-hydrogen) atoms. The maximum atomic E-state index is 13.9. The summed E-state index contributed by atoms with van der Waals surface area (Å²) in [6, 6.07) is 9.90. The van der Waals surface area contributed by atoms with Crippen molar-refractivity contribution in [2.75, 3.05) is 6.61 Å². The smallest absolute Gasteiger partial charge is 0.348 e. The van der Waals surface area contributed by atoms with Crippen molar-refractivity contribution in [1.82, 2.24) is 9.13 Å². The Morgan fingerprint density at radius 3 is 2.22 bits per heavy atom. The van der Waals surface area contributed by atoms with Gasteiger partial charge in [0, 0.05) is 6.54 Å². The molecule has 0 fully saturated rings. The molecule has 0 atom stereocenters. The zero-order valence-electron chi connectivity index (χ0n) is 23.6. The summed E-state index contributed by atoms with van der Waals surface area (Å²) in [7, 11) is -2.17. The Morgan fingerprint density at radius 1 is 1.03 bits per heavy atom. The maximum Gasteiger partial charge on any atom is 0.348 e. The van der Waals surface area contributed by atoms with E-state index in [1.165, 1.54) is 4.57 Å². The van der Waals surface area contributed by atoms with E-state index in [4.69, 9.17) is 9.16 Å². The number of thiophene rings is 1. The van der Waals surface area contributed by atoms with Crippen LogP contribution < -0.4 is 11.2 Å². The number of hydrogen-bond acceptors (Lipinski definition) is 6. The fourth-order valence-corrected chi connectivity index (χ4v) is 7.23. The van der Waals surface area contributed by atoms with Crippen LogP contribution in [0.3, 0.4) is 0 Å². The van der Waals surface area contributed by atoms with Gasteiger partial charge in [-0.25, -0.2) is 9.59 Å². The van der Waals surface area contributed by atoms with Crippen LogP contribution in [0.4, 0.5) is 0 Å². The number of fused-ring (bicyclic) bond motifs is 1. The Hall–Kier alpha value is -2.49. The highest BCUT2D eigenvalue weighted by Gasteiger charge is 2.42. The summed E-state index contributed by atoms with van der Waals surface area (Å²) in [5, 5.41) is 0.372. The molecule has 0 N–H and O–H groups in total. The molecule has 0 saturated carbocycles. The molecular formula is C28H40N2O5SSi. The van der Waals surface area contributed by atoms with E-state index in [1.54, 1.807) is 18.4 Å². The minimum atomic E-state index is -2.17. The van der Waals surface area contributed by atoms with Crippen LogP contribution in [0.2, 0.25) is 18.1 Å². The predicted octanol–water partition coefficient (Wildman–Crippen LogP) is 5.75. The van der Waals surface area contributed by atoms with Crippen molar-refractivity contribution in [3.05, 3.63) is 67.2 Å². The zero-order chi connectivity index (χ0) is 27.8. The number of hydrogen-bond donors (Lipinski definition) is 0. The second-order valence-electron chi connectivity index (χ2n) is 11.6. The summed E-state index contributed by atoms with van der Waals surface area (Å²) in [5.74, 6) is -0.476. The van der Waals surface area contributed by atoms with Gasteiger partial charge in [0.05, 0.1) is 24.1 Å². The third kappa shape index (κ3) is 6.16. The molecule has 0 aliphatic carbocycles. The van der Waals surface area contributed by atoms with Gasteiger partial charge < -0.3 is 9.16 Å². The molecule has 9 heteroatoms. The normalized spacial score (nSPS) is 12.8. The quantitative estimate of drug-likeness (QED) is 0.253. The van der Waals surface area contributed by atoms with Gasteiger partial charge in [-0.2, -0.15) is 0 Å². The van der Waals surface area contributed by atoms with E-state index in [9.17, 15) is 14.4 Å². The van der Waals surface area contributed by atoms with Crippen molar-refractivity contribution >= 4 is 35.8 Å². The molecule has 0 amide bonds. The fraction of sp³-hybridized carbons (Fsp3) is 0.536. The van der Waals surface area contributed by atoms with Gasteiger partial charge in [0.15, 0.2) is 8.32 Å². The standard InChI is InChI=1S/C28H40N2O5SSi/c1-10-34-25(32)22-19(2)21-23(31)30(18-28(6,7)35-37(8,9)27(3,4)5)26(33)29(24(21)36-22)17-16-20-14-12-11-13-15-20/h11-15H,10,16-18H2,1-9H3. The molecule has 7 nitrogen and oxygen atoms in total. The molecule has 0 spiro atoms. The van der Waals surface area contributed by atoms with Crippen molar-refractivity contribution in [2.45, 2.75) is 91.7 Å². The lowest BCUT2D eigenvalue weighted by atomic mass is 10.1. The third-order valence-corrected chi connectivity index (χ3v) is 13.1. The van der Waals surface area contributed by atoms with Gasteiger partial charge in [-0.15, -0.1) is 11.3 Å². The van der Waals surface area contributed by atoms with E-state index in [1.807, 2.05) is 44.2 Å². The van der Waals surface area contributed by atoms with Crippen molar-refractivity contribution < 1.29 is 14.0 Å². The Labute approximate surface area is 224 Å². The minimum absolute atomic E-state index is 0.0203. The monoisotopic (exact) mass is 544 g/mol. The largest absolute Gasteiger partial charge is 0.462 e. The summed E-state index contributed by atoms with van der Waals surface area (Å²) >= 11 is 1.15. The van der Waals surface area contributed by atoms with Gasteiger partial charge in [0.25, 0.3) is 5.56 Å². The van der Waals surface area contributed by atoms with Crippen LogP contribution in [0.1, 0.15) is 62.3 Å². The molecule has 3 rings (SSSR count). The van der Waals surface area contributed by atoms with Gasteiger partial charge in [-0.05, 0) is 63.4 Å². The molecule has 0 bridgehead atoms. The zero-order valence-corrected chi connectivity index (χ0v) is 25.4. The second-order valence-corrected chi connectivity index (χ2v) is 17.4. The summed E-state index contributed by atoms with van der Waals surface area (Å²) in [4.78, 5) is 41.2. The number of carbonyl (C=O) groups is 1. The number of rotatable bonds is 9. The number of nitrogens with zero attached hydrogens (tertiary/aromatic N) is 2. The number of esters is 1. The third-order valence-electron chi connectivity index (χ3n) is 7.10. The van der Waals surface area contributed by atoms with Crippen LogP contribution in [0, 0.1) is 6.92 Å². The Morgan fingerprint density at radius 2 is 1.65 bits per heavy atom. The Kier molecular flexibility index (Phi) is 8.41. The molecule has 0 radical (unpaired) electrons. The topological polar surface area (TPSA) is 79.5 Å². The van der Waals surface area contributed by atoms with Crippen molar-refractivity contribution in [1.29, 1.82) is 0 Å². The molecule has 2 heterocycles. The van der Waals surface area contributed by atoms with Gasteiger partial charge >= 0.3 is 11.7 Å². The summed E-state index contributed by atoms with van der Waals surface area (Å²) < 4.78 is 14.8. The van der Waals surface area contributed by atoms with E-state index < -0.39 is 31.1 Å². The molecule has 1 aromatic carbocycles. The van der Waals surface area contributed by atoms with E-state index in [0.29, 0.717) is 33.6 Å². The fourth-order valence-electron chi connectivity index (χ4n) is 4.27. The van der Waals surface area contributed by atoms with E-state index in [2.05, 4.69) is 33.9 Å². The van der Waals surface area contributed by atoms with Crippen molar-refractivity contribution in [3.63, 3.8) is 0 Å². The van der Waals surface area contributed by atoms with Gasteiger partial charge in [0.2, 0.25) is 0 Å². The number of aromatic nitrogens is 2. The minimum Gasteiger partial charge on any atom is -0.462 e. The van der Waals surface area contributed by atoms with Crippen LogP contribution in [-0.4, -0.2) is 35.6 Å². The summed E-state index contributed by atoms with van der Waals surface area (Å²) in [6.07, 6.45) is 0.615. The molecule has 3 aromatic rings.